The van der Waals surface area contributed by atoms with E-state index in [1.165, 1.54) is 0 Å². The number of para-hydroxylation sites is 1. The lowest BCUT2D eigenvalue weighted by molar-refractivity contribution is 0.102. The Labute approximate surface area is 157 Å². The van der Waals surface area contributed by atoms with E-state index in [-0.39, 0.29) is 5.91 Å². The molecule has 0 saturated heterocycles. The number of anilines is 1. The molecule has 4 rings (SSSR count). The number of amides is 1. The summed E-state index contributed by atoms with van der Waals surface area (Å²) in [5, 5.41) is 8.05. The number of rotatable bonds is 5. The van der Waals surface area contributed by atoms with Crippen LogP contribution in [0.5, 0.6) is 0 Å². The molecule has 6 heteroatoms. The first-order valence-electron chi connectivity index (χ1n) is 8.97. The Morgan fingerprint density at radius 3 is 2.70 bits per heavy atom. The Kier molecular flexibility index (Phi) is 4.46. The van der Waals surface area contributed by atoms with Gasteiger partial charge in [-0.2, -0.15) is 5.10 Å². The number of carbonyl (C=O) groups is 1. The number of hydrogen-bond donors (Lipinski definition) is 1. The molecule has 1 N–H and O–H groups in total. The van der Waals surface area contributed by atoms with E-state index in [2.05, 4.69) is 39.9 Å². The van der Waals surface area contributed by atoms with Gasteiger partial charge in [-0.15, -0.1) is 0 Å². The number of pyridine rings is 1. The van der Waals surface area contributed by atoms with Crippen LogP contribution in [0, 0.1) is 5.92 Å². The van der Waals surface area contributed by atoms with Crippen LogP contribution >= 0.6 is 0 Å². The summed E-state index contributed by atoms with van der Waals surface area (Å²) < 4.78 is 3.82. The molecule has 27 heavy (non-hydrogen) atoms. The van der Waals surface area contributed by atoms with E-state index in [0.717, 1.165) is 17.4 Å². The van der Waals surface area contributed by atoms with E-state index in [1.54, 1.807) is 17.1 Å². The summed E-state index contributed by atoms with van der Waals surface area (Å²) in [5.41, 5.74) is 2.39. The van der Waals surface area contributed by atoms with Gasteiger partial charge in [-0.25, -0.2) is 9.67 Å². The normalized spacial score (nSPS) is 11.2. The van der Waals surface area contributed by atoms with E-state index >= 15 is 0 Å². The van der Waals surface area contributed by atoms with Crippen molar-refractivity contribution in [3.63, 3.8) is 0 Å². The third kappa shape index (κ3) is 3.46. The fourth-order valence-electron chi connectivity index (χ4n) is 3.17. The molecule has 1 amide bonds. The summed E-state index contributed by atoms with van der Waals surface area (Å²) >= 11 is 0. The van der Waals surface area contributed by atoms with Crippen LogP contribution in [0.3, 0.4) is 0 Å². The topological polar surface area (TPSA) is 64.7 Å². The van der Waals surface area contributed by atoms with Crippen LogP contribution in [0.2, 0.25) is 0 Å². The Hall–Kier alpha value is -3.41. The van der Waals surface area contributed by atoms with Gasteiger partial charge in [0.15, 0.2) is 5.82 Å². The fourth-order valence-corrected chi connectivity index (χ4v) is 3.17. The van der Waals surface area contributed by atoms with E-state index < -0.39 is 0 Å². The number of nitrogens with zero attached hydrogens (tertiary/aromatic N) is 4. The zero-order valence-electron chi connectivity index (χ0n) is 15.3. The van der Waals surface area contributed by atoms with Crippen LogP contribution < -0.4 is 5.32 Å². The highest BCUT2D eigenvalue weighted by atomic mass is 16.1. The SMILES string of the molecule is CC(C)Cn1cc(C(=O)Nc2ccc(-n3cccn3)nc2)c2ccccc21. The van der Waals surface area contributed by atoms with Gasteiger partial charge in [0.1, 0.15) is 0 Å². The van der Waals surface area contributed by atoms with Crippen LogP contribution in [0.4, 0.5) is 5.69 Å². The first-order valence-corrected chi connectivity index (χ1v) is 8.97. The second-order valence-electron chi connectivity index (χ2n) is 6.92. The van der Waals surface area contributed by atoms with Crippen LogP contribution in [-0.4, -0.2) is 25.2 Å². The van der Waals surface area contributed by atoms with Crippen molar-refractivity contribution in [2.75, 3.05) is 5.32 Å². The molecule has 0 bridgehead atoms. The van der Waals surface area contributed by atoms with Crippen molar-refractivity contribution in [2.24, 2.45) is 5.92 Å². The highest BCUT2D eigenvalue weighted by Gasteiger charge is 2.15. The first-order chi connectivity index (χ1) is 13.1. The van der Waals surface area contributed by atoms with Crippen molar-refractivity contribution >= 4 is 22.5 Å². The zero-order chi connectivity index (χ0) is 18.8. The monoisotopic (exact) mass is 359 g/mol. The molecule has 0 aliphatic rings. The molecule has 0 aliphatic heterocycles. The summed E-state index contributed by atoms with van der Waals surface area (Å²) in [7, 11) is 0. The van der Waals surface area contributed by atoms with E-state index in [1.807, 2.05) is 48.8 Å². The highest BCUT2D eigenvalue weighted by molar-refractivity contribution is 6.12. The predicted molar refractivity (Wildman–Crippen MR) is 106 cm³/mol. The van der Waals surface area contributed by atoms with Crippen LogP contribution in [0.15, 0.2) is 67.3 Å². The largest absolute Gasteiger partial charge is 0.346 e. The van der Waals surface area contributed by atoms with E-state index in [0.29, 0.717) is 23.0 Å². The smallest absolute Gasteiger partial charge is 0.257 e. The van der Waals surface area contributed by atoms with Crippen molar-refractivity contribution in [3.8, 4) is 5.82 Å². The van der Waals surface area contributed by atoms with Gasteiger partial charge in [0, 0.05) is 36.0 Å². The fraction of sp³-hybridized carbons (Fsp3) is 0.190. The number of hydrogen-bond acceptors (Lipinski definition) is 3. The highest BCUT2D eigenvalue weighted by Crippen LogP contribution is 2.23. The molecule has 3 heterocycles. The molecular weight excluding hydrogens is 338 g/mol. The summed E-state index contributed by atoms with van der Waals surface area (Å²) in [5.74, 6) is 1.06. The molecule has 136 valence electrons. The van der Waals surface area contributed by atoms with E-state index in [9.17, 15) is 4.79 Å². The third-order valence-electron chi connectivity index (χ3n) is 4.34. The van der Waals surface area contributed by atoms with E-state index in [4.69, 9.17) is 0 Å². The van der Waals surface area contributed by atoms with Crippen molar-refractivity contribution < 1.29 is 4.79 Å². The predicted octanol–water partition coefficient (Wildman–Crippen LogP) is 4.13. The minimum Gasteiger partial charge on any atom is -0.346 e. The second-order valence-corrected chi connectivity index (χ2v) is 6.92. The number of aromatic nitrogens is 4. The number of carbonyl (C=O) groups excluding carboxylic acids is 1. The molecule has 0 fully saturated rings. The average Bonchev–Trinajstić information content (AvgIpc) is 3.31. The summed E-state index contributed by atoms with van der Waals surface area (Å²) in [6, 6.07) is 13.5. The van der Waals surface area contributed by atoms with Gasteiger partial charge in [-0.3, -0.25) is 4.79 Å². The maximum atomic E-state index is 12.9. The van der Waals surface area contributed by atoms with Crippen molar-refractivity contribution in [3.05, 3.63) is 72.8 Å². The Bertz CT molecular complexity index is 1060. The van der Waals surface area contributed by atoms with Gasteiger partial charge >= 0.3 is 0 Å². The lowest BCUT2D eigenvalue weighted by Gasteiger charge is -2.07. The maximum absolute atomic E-state index is 12.9. The van der Waals surface area contributed by atoms with Crippen molar-refractivity contribution in [1.29, 1.82) is 0 Å². The quantitative estimate of drug-likeness (QED) is 0.583. The number of benzene rings is 1. The number of fused-ring (bicyclic) bond motifs is 1. The molecular formula is C21H21N5O. The molecule has 4 aromatic rings. The Morgan fingerprint density at radius 2 is 2.00 bits per heavy atom. The van der Waals surface area contributed by atoms with Crippen LogP contribution in [-0.2, 0) is 6.54 Å². The molecule has 0 saturated carbocycles. The second kappa shape index (κ2) is 7.07. The Balaban J connectivity index is 1.60. The molecule has 0 spiro atoms. The van der Waals surface area contributed by atoms with Crippen molar-refractivity contribution in [2.45, 2.75) is 20.4 Å². The first kappa shape index (κ1) is 17.0. The molecule has 0 atom stereocenters. The van der Waals surface area contributed by atoms with Gasteiger partial charge in [0.2, 0.25) is 0 Å². The van der Waals surface area contributed by atoms with Crippen LogP contribution in [0.25, 0.3) is 16.7 Å². The minimum absolute atomic E-state index is 0.137. The Morgan fingerprint density at radius 1 is 1.15 bits per heavy atom. The summed E-state index contributed by atoms with van der Waals surface area (Å²) in [4.78, 5) is 17.2. The third-order valence-corrected chi connectivity index (χ3v) is 4.34. The molecule has 3 aromatic heterocycles. The molecule has 0 aliphatic carbocycles. The standard InChI is InChI=1S/C21H21N5O/c1-15(2)13-25-14-18(17-6-3-4-7-19(17)25)21(27)24-16-8-9-20(22-12-16)26-11-5-10-23-26/h3-12,14-15H,13H2,1-2H3,(H,24,27). The van der Waals surface area contributed by atoms with Gasteiger partial charge in [0.25, 0.3) is 5.91 Å². The number of nitrogens with one attached hydrogen (secondary N) is 1. The van der Waals surface area contributed by atoms with Gasteiger partial charge < -0.3 is 9.88 Å². The molecule has 0 radical (unpaired) electrons. The van der Waals surface area contributed by atoms with Gasteiger partial charge in [0.05, 0.1) is 17.4 Å². The minimum atomic E-state index is -0.137. The molecule has 1 aromatic carbocycles. The van der Waals surface area contributed by atoms with Gasteiger partial charge in [-0.1, -0.05) is 32.0 Å². The van der Waals surface area contributed by atoms with Crippen LogP contribution in [0.1, 0.15) is 24.2 Å². The summed E-state index contributed by atoms with van der Waals surface area (Å²) in [6.45, 7) is 5.20. The summed E-state index contributed by atoms with van der Waals surface area (Å²) in [6.07, 6.45) is 7.10. The van der Waals surface area contributed by atoms with Gasteiger partial charge in [-0.05, 0) is 30.2 Å². The zero-order valence-corrected chi connectivity index (χ0v) is 15.3. The average molecular weight is 359 g/mol. The maximum Gasteiger partial charge on any atom is 0.257 e. The molecule has 0 unspecified atom stereocenters. The lowest BCUT2D eigenvalue weighted by atomic mass is 10.1. The lowest BCUT2D eigenvalue weighted by Crippen LogP contribution is -2.12. The van der Waals surface area contributed by atoms with Crippen molar-refractivity contribution in [1.82, 2.24) is 19.3 Å². The molecule has 6 nitrogen and oxygen atoms in total.